The van der Waals surface area contributed by atoms with Crippen LogP contribution in [-0.2, 0) is 6.42 Å². The third-order valence-corrected chi connectivity index (χ3v) is 9.52. The third-order valence-electron chi connectivity index (χ3n) is 9.52. The highest BCUT2D eigenvalue weighted by atomic mass is 14.3. The first kappa shape index (κ1) is 25.1. The Bertz CT molecular complexity index is 2440. The molecule has 1 aliphatic carbocycles. The molecule has 0 saturated heterocycles. The van der Waals surface area contributed by atoms with E-state index in [1.807, 2.05) is 0 Å². The van der Waals surface area contributed by atoms with Crippen LogP contribution in [0.15, 0.2) is 152 Å². The Kier molecular flexibility index (Phi) is 5.74. The van der Waals surface area contributed by atoms with E-state index in [2.05, 4.69) is 158 Å². The molecule has 0 heterocycles. The summed E-state index contributed by atoms with van der Waals surface area (Å²) < 4.78 is 0. The van der Waals surface area contributed by atoms with Crippen LogP contribution in [0.4, 0.5) is 0 Å². The van der Waals surface area contributed by atoms with Gasteiger partial charge in [0.05, 0.1) is 0 Å². The van der Waals surface area contributed by atoms with Crippen LogP contribution in [0.3, 0.4) is 0 Å². The van der Waals surface area contributed by atoms with E-state index < -0.39 is 0 Å². The normalized spacial score (nSPS) is 13.0. The van der Waals surface area contributed by atoms with Gasteiger partial charge in [-0.3, -0.25) is 0 Å². The SMILES string of the molecule is C1=C(c2ccc3ccccc3c2)CCc2c1c(-c1ccc3ccccc3c1)c1ccccc1c2-c1ccc2ccccc2c1. The molecule has 44 heavy (non-hydrogen) atoms. The third kappa shape index (κ3) is 4.07. The van der Waals surface area contributed by atoms with Crippen molar-refractivity contribution in [3.8, 4) is 22.3 Å². The van der Waals surface area contributed by atoms with Crippen LogP contribution in [0, 0.1) is 0 Å². The van der Waals surface area contributed by atoms with Gasteiger partial charge < -0.3 is 0 Å². The van der Waals surface area contributed by atoms with Crippen molar-refractivity contribution in [3.05, 3.63) is 168 Å². The maximum Gasteiger partial charge on any atom is -0.00293 e. The van der Waals surface area contributed by atoms with Crippen molar-refractivity contribution >= 4 is 54.7 Å². The number of hydrogen-bond donors (Lipinski definition) is 0. The predicted octanol–water partition coefficient (Wildman–Crippen LogP) is 12.1. The lowest BCUT2D eigenvalue weighted by molar-refractivity contribution is 1.01. The van der Waals surface area contributed by atoms with Crippen molar-refractivity contribution < 1.29 is 0 Å². The summed E-state index contributed by atoms with van der Waals surface area (Å²) in [7, 11) is 0. The molecule has 0 amide bonds. The molecule has 0 aliphatic heterocycles. The Balaban J connectivity index is 1.36. The topological polar surface area (TPSA) is 0 Å². The molecular weight excluding hydrogens is 528 g/mol. The van der Waals surface area contributed by atoms with Crippen LogP contribution in [0.2, 0.25) is 0 Å². The van der Waals surface area contributed by atoms with E-state index >= 15 is 0 Å². The van der Waals surface area contributed by atoms with Crippen LogP contribution in [0.1, 0.15) is 23.1 Å². The van der Waals surface area contributed by atoms with Gasteiger partial charge in [0, 0.05) is 0 Å². The van der Waals surface area contributed by atoms with E-state index in [1.54, 1.807) is 0 Å². The second kappa shape index (κ2) is 10.1. The maximum absolute atomic E-state index is 2.50. The lowest BCUT2D eigenvalue weighted by atomic mass is 9.77. The van der Waals surface area contributed by atoms with Crippen LogP contribution in [0.25, 0.3) is 77.0 Å². The van der Waals surface area contributed by atoms with Crippen molar-refractivity contribution in [3.63, 3.8) is 0 Å². The molecule has 206 valence electrons. The van der Waals surface area contributed by atoms with Crippen molar-refractivity contribution in [1.82, 2.24) is 0 Å². The number of benzene rings is 8. The first-order valence-electron chi connectivity index (χ1n) is 15.6. The molecular formula is C44H30. The van der Waals surface area contributed by atoms with Crippen molar-refractivity contribution in [2.45, 2.75) is 12.8 Å². The maximum atomic E-state index is 2.50. The van der Waals surface area contributed by atoms with Gasteiger partial charge in [-0.05, 0) is 119 Å². The highest BCUT2D eigenvalue weighted by Gasteiger charge is 2.24. The standard InChI is InChI=1S/C44H30/c1-4-12-32-25-35(20-17-29(32)9-1)36-23-24-41-42(28-36)44(38-22-19-31-11-3-6-14-34(31)27-38)40-16-8-7-15-39(40)43(41)37-21-18-30-10-2-5-13-33(30)26-37/h1-22,25-28H,23-24H2. The van der Waals surface area contributed by atoms with Gasteiger partial charge >= 0.3 is 0 Å². The van der Waals surface area contributed by atoms with Gasteiger partial charge in [-0.1, -0.05) is 140 Å². The van der Waals surface area contributed by atoms with E-state index in [4.69, 9.17) is 0 Å². The van der Waals surface area contributed by atoms with Crippen LogP contribution in [0.5, 0.6) is 0 Å². The van der Waals surface area contributed by atoms with E-state index in [9.17, 15) is 0 Å². The molecule has 0 bridgehead atoms. The number of rotatable bonds is 3. The van der Waals surface area contributed by atoms with Gasteiger partial charge in [-0.15, -0.1) is 0 Å². The number of hydrogen-bond acceptors (Lipinski definition) is 0. The fourth-order valence-electron chi connectivity index (χ4n) is 7.38. The van der Waals surface area contributed by atoms with E-state index in [-0.39, 0.29) is 0 Å². The van der Waals surface area contributed by atoms with Crippen LogP contribution < -0.4 is 0 Å². The second-order valence-electron chi connectivity index (χ2n) is 12.0. The Morgan fingerprint density at radius 1 is 0.341 bits per heavy atom. The first-order valence-corrected chi connectivity index (χ1v) is 15.6. The average Bonchev–Trinajstić information content (AvgIpc) is 3.09. The molecule has 0 spiro atoms. The summed E-state index contributed by atoms with van der Waals surface area (Å²) in [6.45, 7) is 0. The minimum Gasteiger partial charge on any atom is -0.0616 e. The molecule has 0 unspecified atom stereocenters. The number of allylic oxidation sites excluding steroid dienone is 1. The van der Waals surface area contributed by atoms with Gasteiger partial charge in [-0.25, -0.2) is 0 Å². The Hall–Kier alpha value is -5.46. The van der Waals surface area contributed by atoms with Crippen molar-refractivity contribution in [2.75, 3.05) is 0 Å². The van der Waals surface area contributed by atoms with Crippen molar-refractivity contribution in [1.29, 1.82) is 0 Å². The molecule has 0 atom stereocenters. The van der Waals surface area contributed by atoms with Gasteiger partial charge in [0.2, 0.25) is 0 Å². The van der Waals surface area contributed by atoms with Crippen LogP contribution >= 0.6 is 0 Å². The minimum absolute atomic E-state index is 1.00. The van der Waals surface area contributed by atoms with E-state index in [0.717, 1.165) is 12.8 Å². The molecule has 0 aromatic heterocycles. The summed E-state index contributed by atoms with van der Waals surface area (Å²) in [5, 5.41) is 10.3. The molecule has 0 nitrogen and oxygen atoms in total. The zero-order valence-electron chi connectivity index (χ0n) is 24.4. The predicted molar refractivity (Wildman–Crippen MR) is 190 cm³/mol. The van der Waals surface area contributed by atoms with Gasteiger partial charge in [-0.2, -0.15) is 0 Å². The second-order valence-corrected chi connectivity index (χ2v) is 12.0. The largest absolute Gasteiger partial charge is 0.0616 e. The van der Waals surface area contributed by atoms with Gasteiger partial charge in [0.15, 0.2) is 0 Å². The highest BCUT2D eigenvalue weighted by molar-refractivity contribution is 6.13. The quantitative estimate of drug-likeness (QED) is 0.202. The molecule has 0 N–H and O–H groups in total. The fraction of sp³-hybridized carbons (Fsp3) is 0.0455. The Labute approximate surface area is 257 Å². The molecule has 9 rings (SSSR count). The Morgan fingerprint density at radius 2 is 0.773 bits per heavy atom. The fourth-order valence-corrected chi connectivity index (χ4v) is 7.38. The Morgan fingerprint density at radius 3 is 1.34 bits per heavy atom. The van der Waals surface area contributed by atoms with Crippen molar-refractivity contribution in [2.24, 2.45) is 0 Å². The lowest BCUT2D eigenvalue weighted by Gasteiger charge is -2.26. The molecule has 0 radical (unpaired) electrons. The molecule has 8 aromatic carbocycles. The smallest absolute Gasteiger partial charge is 0.00293 e. The zero-order valence-corrected chi connectivity index (χ0v) is 24.4. The summed E-state index contributed by atoms with van der Waals surface area (Å²) in [4.78, 5) is 0. The van der Waals surface area contributed by atoms with Gasteiger partial charge in [0.1, 0.15) is 0 Å². The molecule has 0 heteroatoms. The summed E-state index contributed by atoms with van der Waals surface area (Å²) in [5.41, 5.74) is 10.8. The highest BCUT2D eigenvalue weighted by Crippen LogP contribution is 2.47. The van der Waals surface area contributed by atoms with Crippen LogP contribution in [-0.4, -0.2) is 0 Å². The molecule has 0 saturated carbocycles. The van der Waals surface area contributed by atoms with E-state index in [0.29, 0.717) is 0 Å². The lowest BCUT2D eigenvalue weighted by Crippen LogP contribution is -2.05. The minimum atomic E-state index is 1.00. The summed E-state index contributed by atoms with van der Waals surface area (Å²) >= 11 is 0. The molecule has 1 aliphatic rings. The number of fused-ring (bicyclic) bond motifs is 5. The average molecular weight is 559 g/mol. The first-order chi connectivity index (χ1) is 21.8. The van der Waals surface area contributed by atoms with E-state index in [1.165, 1.54) is 87.6 Å². The summed E-state index contributed by atoms with van der Waals surface area (Å²) in [6.07, 6.45) is 4.52. The summed E-state index contributed by atoms with van der Waals surface area (Å²) in [6, 6.07) is 56.0. The summed E-state index contributed by atoms with van der Waals surface area (Å²) in [5.74, 6) is 0. The van der Waals surface area contributed by atoms with Gasteiger partial charge in [0.25, 0.3) is 0 Å². The zero-order chi connectivity index (χ0) is 29.0. The molecule has 0 fully saturated rings. The monoisotopic (exact) mass is 558 g/mol. The molecule has 8 aromatic rings.